The van der Waals surface area contributed by atoms with Crippen LogP contribution in [0.1, 0.15) is 60.6 Å². The Balaban J connectivity index is 0.00000232. The highest BCUT2D eigenvalue weighted by atomic mass is 32.2. The summed E-state index contributed by atoms with van der Waals surface area (Å²) in [5.41, 5.74) is 1.11. The van der Waals surface area contributed by atoms with Crippen LogP contribution in [-0.4, -0.2) is 43.0 Å². The lowest BCUT2D eigenvalue weighted by Gasteiger charge is -2.34. The Morgan fingerprint density at radius 1 is 1.26 bits per heavy atom. The van der Waals surface area contributed by atoms with Crippen molar-refractivity contribution in [3.63, 3.8) is 0 Å². The lowest BCUT2D eigenvalue weighted by Crippen LogP contribution is -2.32. The summed E-state index contributed by atoms with van der Waals surface area (Å²) in [5.74, 6) is 0.871. The number of ether oxygens (including phenoxy) is 1. The molecule has 1 aromatic rings. The van der Waals surface area contributed by atoms with Crippen LogP contribution in [-0.2, 0) is 17.0 Å². The molecule has 0 bridgehead atoms. The van der Waals surface area contributed by atoms with E-state index in [9.17, 15) is 0 Å². The van der Waals surface area contributed by atoms with Gasteiger partial charge in [0.05, 0.1) is 17.2 Å². The first-order chi connectivity index (χ1) is 10.6. The van der Waals surface area contributed by atoms with E-state index >= 15 is 0 Å². The van der Waals surface area contributed by atoms with Crippen molar-refractivity contribution in [2.75, 3.05) is 6.61 Å². The molecule has 0 spiro atoms. The SMILES string of the molecule is CCOC(C)(C)CC(C)(C)Cc1cn(CSC(C)C)nn1.OO. The lowest BCUT2D eigenvalue weighted by atomic mass is 9.78. The third kappa shape index (κ3) is 9.96. The minimum Gasteiger partial charge on any atom is -0.376 e. The average molecular weight is 348 g/mol. The standard InChI is InChI=1S/C16H31N3OS.H2O2/c1-8-20-16(6,7)11-15(4,5)9-14-10-19(18-17-14)12-21-13(2)3;1-2/h10,13H,8-9,11-12H2,1-7H3;1-2H. The maximum absolute atomic E-state index is 6.00. The van der Waals surface area contributed by atoms with Crippen LogP contribution in [0.5, 0.6) is 0 Å². The Hall–Kier alpha value is -0.630. The fourth-order valence-electron chi connectivity index (χ4n) is 2.86. The predicted octanol–water partition coefficient (Wildman–Crippen LogP) is 4.17. The summed E-state index contributed by atoms with van der Waals surface area (Å²) in [6, 6.07) is 0. The minimum atomic E-state index is -0.0955. The monoisotopic (exact) mass is 347 g/mol. The second-order valence-electron chi connectivity index (χ2n) is 7.30. The number of nitrogens with zero attached hydrogens (tertiary/aromatic N) is 3. The van der Waals surface area contributed by atoms with Gasteiger partial charge in [0.2, 0.25) is 0 Å². The highest BCUT2D eigenvalue weighted by Gasteiger charge is 2.30. The first kappa shape index (κ1) is 22.4. The first-order valence-corrected chi connectivity index (χ1v) is 9.03. The van der Waals surface area contributed by atoms with E-state index in [0.717, 1.165) is 31.0 Å². The number of aromatic nitrogens is 3. The van der Waals surface area contributed by atoms with Crippen LogP contribution in [0.15, 0.2) is 6.20 Å². The summed E-state index contributed by atoms with van der Waals surface area (Å²) in [5, 5.41) is 21.1. The van der Waals surface area contributed by atoms with Gasteiger partial charge < -0.3 is 4.74 Å². The van der Waals surface area contributed by atoms with Gasteiger partial charge in [-0.2, -0.15) is 0 Å². The van der Waals surface area contributed by atoms with E-state index in [0.29, 0.717) is 5.25 Å². The number of rotatable bonds is 9. The molecule has 0 radical (unpaired) electrons. The molecule has 0 amide bonds. The molecule has 2 N–H and O–H groups in total. The van der Waals surface area contributed by atoms with Crippen LogP contribution in [0.2, 0.25) is 0 Å². The van der Waals surface area contributed by atoms with Gasteiger partial charge in [-0.25, -0.2) is 4.68 Å². The number of hydrogen-bond donors (Lipinski definition) is 2. The molecule has 0 saturated carbocycles. The first-order valence-electron chi connectivity index (χ1n) is 7.98. The van der Waals surface area contributed by atoms with Gasteiger partial charge in [0.15, 0.2) is 0 Å². The fourth-order valence-corrected chi connectivity index (χ4v) is 3.43. The van der Waals surface area contributed by atoms with Crippen LogP contribution >= 0.6 is 11.8 Å². The van der Waals surface area contributed by atoms with E-state index in [1.54, 1.807) is 0 Å². The molecule has 1 aromatic heterocycles. The molecule has 0 aliphatic carbocycles. The molecule has 1 heterocycles. The molecular weight excluding hydrogens is 314 g/mol. The Morgan fingerprint density at radius 3 is 2.39 bits per heavy atom. The van der Waals surface area contributed by atoms with Gasteiger partial charge in [0, 0.05) is 18.1 Å². The Morgan fingerprint density at radius 2 is 1.87 bits per heavy atom. The lowest BCUT2D eigenvalue weighted by molar-refractivity contribution is -0.176. The smallest absolute Gasteiger partial charge is 0.0883 e. The van der Waals surface area contributed by atoms with Crippen molar-refractivity contribution in [2.45, 2.75) is 78.0 Å². The topological polar surface area (TPSA) is 80.4 Å². The van der Waals surface area contributed by atoms with E-state index < -0.39 is 0 Å². The highest BCUT2D eigenvalue weighted by Crippen LogP contribution is 2.33. The molecule has 0 aliphatic heterocycles. The summed E-state index contributed by atoms with van der Waals surface area (Å²) in [7, 11) is 0. The van der Waals surface area contributed by atoms with Crippen molar-refractivity contribution in [3.05, 3.63) is 11.9 Å². The van der Waals surface area contributed by atoms with Crippen LogP contribution in [0.4, 0.5) is 0 Å². The second kappa shape index (κ2) is 10.3. The van der Waals surface area contributed by atoms with Crippen molar-refractivity contribution in [1.29, 1.82) is 0 Å². The van der Waals surface area contributed by atoms with Gasteiger partial charge in [-0.3, -0.25) is 10.5 Å². The van der Waals surface area contributed by atoms with Gasteiger partial charge in [-0.15, -0.1) is 16.9 Å². The number of hydrogen-bond acceptors (Lipinski definition) is 6. The molecule has 0 atom stereocenters. The predicted molar refractivity (Wildman–Crippen MR) is 95.8 cm³/mol. The maximum Gasteiger partial charge on any atom is 0.0883 e. The second-order valence-corrected chi connectivity index (χ2v) is 8.84. The average Bonchev–Trinajstić information content (AvgIpc) is 2.83. The van der Waals surface area contributed by atoms with Gasteiger partial charge in [-0.05, 0) is 39.0 Å². The largest absolute Gasteiger partial charge is 0.376 e. The zero-order chi connectivity index (χ0) is 18.1. The molecule has 0 fully saturated rings. The Labute approximate surface area is 144 Å². The number of thioether (sulfide) groups is 1. The summed E-state index contributed by atoms with van der Waals surface area (Å²) >= 11 is 1.87. The molecule has 6 nitrogen and oxygen atoms in total. The van der Waals surface area contributed by atoms with E-state index in [2.05, 4.69) is 58.1 Å². The maximum atomic E-state index is 6.00. The third-order valence-corrected chi connectivity index (χ3v) is 4.31. The van der Waals surface area contributed by atoms with Crippen molar-refractivity contribution >= 4 is 11.8 Å². The highest BCUT2D eigenvalue weighted by molar-refractivity contribution is 7.98. The van der Waals surface area contributed by atoms with Crippen LogP contribution in [0.3, 0.4) is 0 Å². The van der Waals surface area contributed by atoms with Crippen LogP contribution in [0.25, 0.3) is 0 Å². The molecule has 0 aromatic carbocycles. The third-order valence-electron chi connectivity index (χ3n) is 3.23. The Kier molecular flexibility index (Phi) is 10.00. The molecule has 1 rings (SSSR count). The van der Waals surface area contributed by atoms with Crippen molar-refractivity contribution in [3.8, 4) is 0 Å². The van der Waals surface area contributed by atoms with E-state index in [4.69, 9.17) is 15.3 Å². The van der Waals surface area contributed by atoms with Gasteiger partial charge >= 0.3 is 0 Å². The van der Waals surface area contributed by atoms with Gasteiger partial charge in [0.25, 0.3) is 0 Å². The fraction of sp³-hybridized carbons (Fsp3) is 0.875. The van der Waals surface area contributed by atoms with Gasteiger partial charge in [0.1, 0.15) is 0 Å². The van der Waals surface area contributed by atoms with E-state index in [1.807, 2.05) is 23.4 Å². The zero-order valence-electron chi connectivity index (χ0n) is 15.5. The molecule has 7 heteroatoms. The van der Waals surface area contributed by atoms with Crippen molar-refractivity contribution in [2.24, 2.45) is 5.41 Å². The summed E-state index contributed by atoms with van der Waals surface area (Å²) in [4.78, 5) is 0. The molecule has 0 aliphatic rings. The van der Waals surface area contributed by atoms with Crippen LogP contribution < -0.4 is 0 Å². The molecule has 136 valence electrons. The molecule has 0 unspecified atom stereocenters. The normalized spacial score (nSPS) is 12.3. The zero-order valence-corrected chi connectivity index (χ0v) is 16.4. The minimum absolute atomic E-state index is 0.0955. The summed E-state index contributed by atoms with van der Waals surface area (Å²) in [6.07, 6.45) is 4.00. The Bertz CT molecular complexity index is 434. The van der Waals surface area contributed by atoms with E-state index in [1.165, 1.54) is 0 Å². The summed E-state index contributed by atoms with van der Waals surface area (Å²) in [6.45, 7) is 16.1. The van der Waals surface area contributed by atoms with Crippen LogP contribution in [0, 0.1) is 5.41 Å². The molecule has 0 saturated heterocycles. The molecular formula is C16H33N3O3S. The van der Waals surface area contributed by atoms with Crippen molar-refractivity contribution in [1.82, 2.24) is 15.0 Å². The molecule has 23 heavy (non-hydrogen) atoms. The van der Waals surface area contributed by atoms with Crippen molar-refractivity contribution < 1.29 is 15.3 Å². The quantitative estimate of drug-likeness (QED) is 0.515. The van der Waals surface area contributed by atoms with Gasteiger partial charge in [-0.1, -0.05) is 32.9 Å². The van der Waals surface area contributed by atoms with E-state index in [-0.39, 0.29) is 11.0 Å². The summed E-state index contributed by atoms with van der Waals surface area (Å²) < 4.78 is 7.76.